The van der Waals surface area contributed by atoms with Crippen LogP contribution in [0.3, 0.4) is 0 Å². The minimum absolute atomic E-state index is 0.406. The Bertz CT molecular complexity index is 501. The van der Waals surface area contributed by atoms with E-state index in [1.54, 1.807) is 0 Å². The van der Waals surface area contributed by atoms with Gasteiger partial charge in [-0.15, -0.1) is 0 Å². The lowest BCUT2D eigenvalue weighted by molar-refractivity contribution is 0.0698. The number of fused-ring (bicyclic) bond motifs is 1. The van der Waals surface area contributed by atoms with Gasteiger partial charge in [-0.1, -0.05) is 36.4 Å². The van der Waals surface area contributed by atoms with E-state index in [0.29, 0.717) is 5.56 Å². The number of aromatic carboxylic acids is 1. The minimum Gasteiger partial charge on any atom is -0.478 e. The fourth-order valence-electron chi connectivity index (χ4n) is 1.66. The first-order chi connectivity index (χ1) is 6.70. The van der Waals surface area contributed by atoms with Gasteiger partial charge in [0.05, 0.1) is 5.56 Å². The molecule has 0 unspecified atom stereocenters. The van der Waals surface area contributed by atoms with Crippen molar-refractivity contribution in [3.05, 3.63) is 47.5 Å². The van der Waals surface area contributed by atoms with Crippen LogP contribution in [0.1, 0.15) is 15.9 Å². The van der Waals surface area contributed by atoms with Gasteiger partial charge in [-0.3, -0.25) is 0 Å². The molecule has 0 amide bonds. The summed E-state index contributed by atoms with van der Waals surface area (Å²) in [6.45, 7) is 1.82. The van der Waals surface area contributed by atoms with Crippen molar-refractivity contribution >= 4 is 16.7 Å². The Balaban J connectivity index is 2.90. The summed E-state index contributed by atoms with van der Waals surface area (Å²) in [4.78, 5) is 11.0. The van der Waals surface area contributed by atoms with E-state index in [-0.39, 0.29) is 0 Å². The van der Waals surface area contributed by atoms with Gasteiger partial charge in [0.2, 0.25) is 0 Å². The summed E-state index contributed by atoms with van der Waals surface area (Å²) >= 11 is 0. The first-order valence-corrected chi connectivity index (χ1v) is 4.42. The molecule has 0 aliphatic rings. The van der Waals surface area contributed by atoms with Gasteiger partial charge >= 0.3 is 5.97 Å². The van der Waals surface area contributed by atoms with Gasteiger partial charge in [0, 0.05) is 0 Å². The number of benzene rings is 2. The fraction of sp³-hybridized carbons (Fsp3) is 0.0833. The number of rotatable bonds is 1. The molecule has 0 radical (unpaired) electrons. The molecule has 0 heterocycles. The molecule has 0 spiro atoms. The van der Waals surface area contributed by atoms with Crippen molar-refractivity contribution in [2.45, 2.75) is 6.92 Å². The molecule has 70 valence electrons. The number of hydrogen-bond donors (Lipinski definition) is 1. The van der Waals surface area contributed by atoms with Crippen molar-refractivity contribution in [2.24, 2.45) is 0 Å². The molecule has 0 aliphatic carbocycles. The highest BCUT2D eigenvalue weighted by Crippen LogP contribution is 2.21. The molecule has 1 N–H and O–H groups in total. The number of carboxylic acids is 1. The Morgan fingerprint density at radius 2 is 1.86 bits per heavy atom. The molecule has 14 heavy (non-hydrogen) atoms. The molecule has 2 aromatic carbocycles. The number of aryl methyl sites for hydroxylation is 1. The van der Waals surface area contributed by atoms with E-state index in [4.69, 9.17) is 5.11 Å². The predicted octanol–water partition coefficient (Wildman–Crippen LogP) is 2.85. The molecule has 0 bridgehead atoms. The highest BCUT2D eigenvalue weighted by Gasteiger charge is 2.10. The van der Waals surface area contributed by atoms with Gasteiger partial charge in [0.1, 0.15) is 0 Å². The van der Waals surface area contributed by atoms with Crippen LogP contribution in [0.25, 0.3) is 10.8 Å². The van der Waals surface area contributed by atoms with Crippen molar-refractivity contribution in [1.29, 1.82) is 0 Å². The summed E-state index contributed by atoms with van der Waals surface area (Å²) < 4.78 is 0. The third-order valence-corrected chi connectivity index (χ3v) is 2.35. The summed E-state index contributed by atoms with van der Waals surface area (Å²) in [5.74, 6) is -0.862. The molecular weight excluding hydrogens is 176 g/mol. The van der Waals surface area contributed by atoms with Crippen molar-refractivity contribution < 1.29 is 9.90 Å². The molecule has 0 saturated heterocycles. The van der Waals surface area contributed by atoms with Crippen LogP contribution in [0.5, 0.6) is 0 Å². The average Bonchev–Trinajstić information content (AvgIpc) is 2.17. The lowest BCUT2D eigenvalue weighted by Gasteiger charge is -2.05. The van der Waals surface area contributed by atoms with Crippen molar-refractivity contribution in [3.63, 3.8) is 0 Å². The molecule has 0 atom stereocenters. The number of hydrogen-bond acceptors (Lipinski definition) is 1. The van der Waals surface area contributed by atoms with Crippen LogP contribution in [0, 0.1) is 6.92 Å². The van der Waals surface area contributed by atoms with Crippen LogP contribution in [-0.4, -0.2) is 11.1 Å². The largest absolute Gasteiger partial charge is 0.478 e. The monoisotopic (exact) mass is 186 g/mol. The Hall–Kier alpha value is -1.83. The molecule has 0 aliphatic heterocycles. The zero-order valence-corrected chi connectivity index (χ0v) is 7.82. The zero-order valence-electron chi connectivity index (χ0n) is 7.82. The van der Waals surface area contributed by atoms with E-state index >= 15 is 0 Å². The van der Waals surface area contributed by atoms with E-state index in [0.717, 1.165) is 16.3 Å². The van der Waals surface area contributed by atoms with Crippen LogP contribution < -0.4 is 0 Å². The van der Waals surface area contributed by atoms with Crippen LogP contribution in [0.2, 0.25) is 0 Å². The Morgan fingerprint density at radius 3 is 2.57 bits per heavy atom. The van der Waals surface area contributed by atoms with Gasteiger partial charge < -0.3 is 5.11 Å². The Kier molecular flexibility index (Phi) is 1.97. The SMILES string of the molecule is Cc1ccc2ccccc2c1C(=O)O. The van der Waals surface area contributed by atoms with E-state index in [2.05, 4.69) is 0 Å². The molecule has 2 rings (SSSR count). The topological polar surface area (TPSA) is 37.3 Å². The maximum absolute atomic E-state index is 11.0. The number of carboxylic acid groups (broad SMARTS) is 1. The molecule has 2 heteroatoms. The van der Waals surface area contributed by atoms with E-state index in [9.17, 15) is 4.79 Å². The molecular formula is C12H10O2. The van der Waals surface area contributed by atoms with Crippen LogP contribution >= 0.6 is 0 Å². The summed E-state index contributed by atoms with van der Waals surface area (Å²) in [5, 5.41) is 10.8. The third kappa shape index (κ3) is 1.25. The van der Waals surface area contributed by atoms with Gasteiger partial charge in [-0.2, -0.15) is 0 Å². The normalized spacial score (nSPS) is 10.4. The lowest BCUT2D eigenvalue weighted by atomic mass is 10.00. The maximum atomic E-state index is 11.0. The quantitative estimate of drug-likeness (QED) is 0.743. The van der Waals surface area contributed by atoms with Crippen LogP contribution in [0.15, 0.2) is 36.4 Å². The van der Waals surface area contributed by atoms with Crippen LogP contribution in [-0.2, 0) is 0 Å². The average molecular weight is 186 g/mol. The Morgan fingerprint density at radius 1 is 1.14 bits per heavy atom. The fourth-order valence-corrected chi connectivity index (χ4v) is 1.66. The third-order valence-electron chi connectivity index (χ3n) is 2.35. The predicted molar refractivity (Wildman–Crippen MR) is 55.6 cm³/mol. The standard InChI is InChI=1S/C12H10O2/c1-8-6-7-9-4-2-3-5-10(9)11(8)12(13)14/h2-7H,1H3,(H,13,14). The van der Waals surface area contributed by atoms with Gasteiger partial charge in [-0.25, -0.2) is 4.79 Å². The van der Waals surface area contributed by atoms with Crippen molar-refractivity contribution in [2.75, 3.05) is 0 Å². The van der Waals surface area contributed by atoms with Crippen molar-refractivity contribution in [3.8, 4) is 0 Å². The van der Waals surface area contributed by atoms with Crippen LogP contribution in [0.4, 0.5) is 0 Å². The molecule has 2 aromatic rings. The maximum Gasteiger partial charge on any atom is 0.336 e. The highest BCUT2D eigenvalue weighted by atomic mass is 16.4. The van der Waals surface area contributed by atoms with E-state index in [1.165, 1.54) is 0 Å². The van der Waals surface area contributed by atoms with Gasteiger partial charge in [0.15, 0.2) is 0 Å². The Labute approximate surface area is 81.8 Å². The van der Waals surface area contributed by atoms with Crippen molar-refractivity contribution in [1.82, 2.24) is 0 Å². The molecule has 0 fully saturated rings. The highest BCUT2D eigenvalue weighted by molar-refractivity contribution is 6.04. The second kappa shape index (κ2) is 3.14. The molecule has 0 aromatic heterocycles. The summed E-state index contributed by atoms with van der Waals surface area (Å²) in [5.41, 5.74) is 1.21. The van der Waals surface area contributed by atoms with E-state index < -0.39 is 5.97 Å². The lowest BCUT2D eigenvalue weighted by Crippen LogP contribution is -2.00. The summed E-state index contributed by atoms with van der Waals surface area (Å²) in [7, 11) is 0. The molecule has 2 nitrogen and oxygen atoms in total. The summed E-state index contributed by atoms with van der Waals surface area (Å²) in [6.07, 6.45) is 0. The molecule has 0 saturated carbocycles. The number of carbonyl (C=O) groups is 1. The van der Waals surface area contributed by atoms with E-state index in [1.807, 2.05) is 43.3 Å². The first-order valence-electron chi connectivity index (χ1n) is 4.42. The first kappa shape index (κ1) is 8.75. The van der Waals surface area contributed by atoms with Gasteiger partial charge in [-0.05, 0) is 23.3 Å². The smallest absolute Gasteiger partial charge is 0.336 e. The second-order valence-electron chi connectivity index (χ2n) is 3.28. The summed E-state index contributed by atoms with van der Waals surface area (Å²) in [6, 6.07) is 11.3. The van der Waals surface area contributed by atoms with Gasteiger partial charge in [0.25, 0.3) is 0 Å². The second-order valence-corrected chi connectivity index (χ2v) is 3.28. The minimum atomic E-state index is -0.862. The zero-order chi connectivity index (χ0) is 10.1.